The van der Waals surface area contributed by atoms with Gasteiger partial charge in [-0.1, -0.05) is 30.3 Å². The second-order valence-corrected chi connectivity index (χ2v) is 3.72. The maximum Gasteiger partial charge on any atom is 0.219 e. The highest BCUT2D eigenvalue weighted by molar-refractivity contribution is 5.73. The van der Waals surface area contributed by atoms with Gasteiger partial charge < -0.3 is 15.1 Å². The first-order valence-electron chi connectivity index (χ1n) is 5.22. The lowest BCUT2D eigenvalue weighted by Gasteiger charge is -2.23. The van der Waals surface area contributed by atoms with Crippen molar-refractivity contribution in [3.05, 3.63) is 35.9 Å². The molecule has 1 aromatic carbocycles. The molecular formula is C12H17NO3. The van der Waals surface area contributed by atoms with Crippen LogP contribution in [0.5, 0.6) is 0 Å². The Morgan fingerprint density at radius 1 is 1.38 bits per heavy atom. The SMILES string of the molecule is CC(=O)N(Cc1ccccc1)CC(O)CO. The molecule has 1 atom stereocenters. The summed E-state index contributed by atoms with van der Waals surface area (Å²) in [4.78, 5) is 12.8. The van der Waals surface area contributed by atoms with E-state index in [9.17, 15) is 9.90 Å². The molecule has 0 aliphatic rings. The Kier molecular flexibility index (Phi) is 4.95. The lowest BCUT2D eigenvalue weighted by molar-refractivity contribution is -0.131. The minimum Gasteiger partial charge on any atom is -0.394 e. The van der Waals surface area contributed by atoms with Crippen LogP contribution in [0.25, 0.3) is 0 Å². The van der Waals surface area contributed by atoms with Gasteiger partial charge in [-0.05, 0) is 5.56 Å². The van der Waals surface area contributed by atoms with Crippen LogP contribution in [0.3, 0.4) is 0 Å². The van der Waals surface area contributed by atoms with E-state index in [0.717, 1.165) is 5.56 Å². The summed E-state index contributed by atoms with van der Waals surface area (Å²) in [5, 5.41) is 18.1. The molecule has 1 unspecified atom stereocenters. The third-order valence-electron chi connectivity index (χ3n) is 2.30. The smallest absolute Gasteiger partial charge is 0.219 e. The van der Waals surface area contributed by atoms with Gasteiger partial charge in [0.15, 0.2) is 0 Å². The first kappa shape index (κ1) is 12.7. The van der Waals surface area contributed by atoms with Crippen LogP contribution < -0.4 is 0 Å². The molecule has 0 saturated carbocycles. The van der Waals surface area contributed by atoms with E-state index in [1.165, 1.54) is 11.8 Å². The summed E-state index contributed by atoms with van der Waals surface area (Å²) in [6.07, 6.45) is -0.882. The van der Waals surface area contributed by atoms with Crippen molar-refractivity contribution in [1.82, 2.24) is 4.90 Å². The molecule has 16 heavy (non-hydrogen) atoms. The maximum absolute atomic E-state index is 11.3. The Balaban J connectivity index is 2.62. The molecule has 0 aliphatic heterocycles. The summed E-state index contributed by atoms with van der Waals surface area (Å²) in [5.74, 6) is -0.114. The molecule has 88 valence electrons. The van der Waals surface area contributed by atoms with Gasteiger partial charge in [0, 0.05) is 20.0 Å². The summed E-state index contributed by atoms with van der Waals surface area (Å²) in [6.45, 7) is 1.72. The van der Waals surface area contributed by atoms with E-state index in [1.54, 1.807) is 0 Å². The van der Waals surface area contributed by atoms with E-state index in [1.807, 2.05) is 30.3 Å². The second-order valence-electron chi connectivity index (χ2n) is 3.72. The number of nitrogens with zero attached hydrogens (tertiary/aromatic N) is 1. The van der Waals surface area contributed by atoms with Crippen molar-refractivity contribution < 1.29 is 15.0 Å². The van der Waals surface area contributed by atoms with Crippen molar-refractivity contribution in [2.24, 2.45) is 0 Å². The van der Waals surface area contributed by atoms with Crippen LogP contribution >= 0.6 is 0 Å². The fourth-order valence-corrected chi connectivity index (χ4v) is 1.42. The van der Waals surface area contributed by atoms with Gasteiger partial charge in [-0.25, -0.2) is 0 Å². The van der Waals surface area contributed by atoms with Crippen molar-refractivity contribution in [1.29, 1.82) is 0 Å². The average molecular weight is 223 g/mol. The maximum atomic E-state index is 11.3. The van der Waals surface area contributed by atoms with Crippen LogP contribution in [0.2, 0.25) is 0 Å². The molecular weight excluding hydrogens is 206 g/mol. The lowest BCUT2D eigenvalue weighted by atomic mass is 10.2. The van der Waals surface area contributed by atoms with Crippen LogP contribution in [0.1, 0.15) is 12.5 Å². The van der Waals surface area contributed by atoms with Crippen LogP contribution in [0.4, 0.5) is 0 Å². The highest BCUT2D eigenvalue weighted by Gasteiger charge is 2.13. The molecule has 4 heteroatoms. The summed E-state index contributed by atoms with van der Waals surface area (Å²) in [6, 6.07) is 9.54. The van der Waals surface area contributed by atoms with Crippen LogP contribution in [-0.2, 0) is 11.3 Å². The number of rotatable bonds is 5. The van der Waals surface area contributed by atoms with Gasteiger partial charge in [-0.15, -0.1) is 0 Å². The fourth-order valence-electron chi connectivity index (χ4n) is 1.42. The number of carbonyl (C=O) groups excluding carboxylic acids is 1. The highest BCUT2D eigenvalue weighted by Crippen LogP contribution is 2.05. The number of aliphatic hydroxyl groups is 2. The molecule has 0 radical (unpaired) electrons. The molecule has 1 amide bonds. The largest absolute Gasteiger partial charge is 0.394 e. The molecule has 2 N–H and O–H groups in total. The van der Waals surface area contributed by atoms with E-state index >= 15 is 0 Å². The number of benzene rings is 1. The van der Waals surface area contributed by atoms with E-state index in [0.29, 0.717) is 6.54 Å². The number of hydrogen-bond donors (Lipinski definition) is 2. The first-order chi connectivity index (χ1) is 7.63. The Bertz CT molecular complexity index is 326. The van der Waals surface area contributed by atoms with Crippen molar-refractivity contribution >= 4 is 5.91 Å². The molecule has 0 spiro atoms. The van der Waals surface area contributed by atoms with Crippen LogP contribution in [-0.4, -0.2) is 40.3 Å². The molecule has 0 aliphatic carbocycles. The zero-order valence-electron chi connectivity index (χ0n) is 9.34. The molecule has 1 aromatic rings. The minimum atomic E-state index is -0.882. The molecule has 0 heterocycles. The normalized spacial score (nSPS) is 12.2. The summed E-state index contributed by atoms with van der Waals surface area (Å²) >= 11 is 0. The highest BCUT2D eigenvalue weighted by atomic mass is 16.3. The summed E-state index contributed by atoms with van der Waals surface area (Å²) in [5.41, 5.74) is 1.00. The average Bonchev–Trinajstić information content (AvgIpc) is 2.29. The molecule has 0 aromatic heterocycles. The quantitative estimate of drug-likeness (QED) is 0.759. The van der Waals surface area contributed by atoms with Crippen molar-refractivity contribution in [2.75, 3.05) is 13.2 Å². The van der Waals surface area contributed by atoms with Gasteiger partial charge in [0.05, 0.1) is 12.7 Å². The monoisotopic (exact) mass is 223 g/mol. The summed E-state index contributed by atoms with van der Waals surface area (Å²) in [7, 11) is 0. The van der Waals surface area contributed by atoms with Gasteiger partial charge in [0.1, 0.15) is 0 Å². The fraction of sp³-hybridized carbons (Fsp3) is 0.417. The minimum absolute atomic E-state index is 0.114. The topological polar surface area (TPSA) is 60.8 Å². The summed E-state index contributed by atoms with van der Waals surface area (Å²) < 4.78 is 0. The van der Waals surface area contributed by atoms with Gasteiger partial charge >= 0.3 is 0 Å². The predicted molar refractivity (Wildman–Crippen MR) is 60.6 cm³/mol. The van der Waals surface area contributed by atoms with Crippen molar-refractivity contribution in [3.8, 4) is 0 Å². The van der Waals surface area contributed by atoms with Gasteiger partial charge in [0.2, 0.25) is 5.91 Å². The standard InChI is InChI=1S/C12H17NO3/c1-10(15)13(8-12(16)9-14)7-11-5-3-2-4-6-11/h2-6,12,14,16H,7-9H2,1H3. The number of carbonyl (C=O) groups is 1. The third kappa shape index (κ3) is 4.00. The number of amides is 1. The van der Waals surface area contributed by atoms with E-state index in [-0.39, 0.29) is 19.1 Å². The Hall–Kier alpha value is -1.39. The van der Waals surface area contributed by atoms with Crippen molar-refractivity contribution in [3.63, 3.8) is 0 Å². The van der Waals surface area contributed by atoms with Crippen molar-refractivity contribution in [2.45, 2.75) is 19.6 Å². The number of aliphatic hydroxyl groups excluding tert-OH is 2. The van der Waals surface area contributed by atoms with Gasteiger partial charge in [0.25, 0.3) is 0 Å². The van der Waals surface area contributed by atoms with E-state index < -0.39 is 6.10 Å². The predicted octanol–water partition coefficient (Wildman–Crippen LogP) is 0.388. The van der Waals surface area contributed by atoms with E-state index in [4.69, 9.17) is 5.11 Å². The third-order valence-corrected chi connectivity index (χ3v) is 2.30. The molecule has 4 nitrogen and oxygen atoms in total. The van der Waals surface area contributed by atoms with Gasteiger partial charge in [-0.3, -0.25) is 4.79 Å². The Labute approximate surface area is 95.1 Å². The molecule has 0 saturated heterocycles. The van der Waals surface area contributed by atoms with E-state index in [2.05, 4.69) is 0 Å². The lowest BCUT2D eigenvalue weighted by Crippen LogP contribution is -2.37. The van der Waals surface area contributed by atoms with Crippen LogP contribution in [0, 0.1) is 0 Å². The molecule has 1 rings (SSSR count). The Morgan fingerprint density at radius 3 is 2.50 bits per heavy atom. The molecule has 0 fully saturated rings. The second kappa shape index (κ2) is 6.25. The zero-order chi connectivity index (χ0) is 12.0. The molecule has 0 bridgehead atoms. The van der Waals surface area contributed by atoms with Crippen LogP contribution in [0.15, 0.2) is 30.3 Å². The zero-order valence-corrected chi connectivity index (χ0v) is 9.34. The van der Waals surface area contributed by atoms with Gasteiger partial charge in [-0.2, -0.15) is 0 Å². The number of hydrogen-bond acceptors (Lipinski definition) is 3. The first-order valence-corrected chi connectivity index (χ1v) is 5.22. The Morgan fingerprint density at radius 2 is 2.00 bits per heavy atom.